The number of carbonyl (C=O) groups is 1. The van der Waals surface area contributed by atoms with Crippen LogP contribution in [0.15, 0.2) is 24.3 Å². The third kappa shape index (κ3) is 3.55. The molecule has 1 aromatic carbocycles. The minimum absolute atomic E-state index is 0.0444. The summed E-state index contributed by atoms with van der Waals surface area (Å²) in [5.41, 5.74) is 1.77. The van der Waals surface area contributed by atoms with Crippen LogP contribution in [0.3, 0.4) is 0 Å². The third-order valence-corrected chi connectivity index (χ3v) is 2.22. The summed E-state index contributed by atoms with van der Waals surface area (Å²) in [4.78, 5) is 13.5. The van der Waals surface area contributed by atoms with Crippen LogP contribution in [-0.2, 0) is 4.79 Å². The van der Waals surface area contributed by atoms with Gasteiger partial charge in [-0.2, -0.15) is 0 Å². The molecule has 4 nitrogen and oxygen atoms in total. The number of para-hydroxylation sites is 2. The molecule has 1 aromatic rings. The van der Waals surface area contributed by atoms with E-state index in [2.05, 4.69) is 5.32 Å². The van der Waals surface area contributed by atoms with Gasteiger partial charge in [-0.1, -0.05) is 12.1 Å². The molecule has 0 heterocycles. The lowest BCUT2D eigenvalue weighted by Gasteiger charge is -2.17. The monoisotopic (exact) mass is 222 g/mol. The van der Waals surface area contributed by atoms with E-state index in [1.807, 2.05) is 43.3 Å². The Morgan fingerprint density at radius 2 is 2.06 bits per heavy atom. The predicted molar refractivity (Wildman–Crippen MR) is 65.7 cm³/mol. The molecule has 0 aliphatic rings. The summed E-state index contributed by atoms with van der Waals surface area (Å²) in [5, 5.41) is 11.5. The molecule has 0 spiro atoms. The van der Waals surface area contributed by atoms with Gasteiger partial charge in [0, 0.05) is 27.1 Å². The Morgan fingerprint density at radius 3 is 2.69 bits per heavy atom. The Bertz CT molecular complexity index is 351. The van der Waals surface area contributed by atoms with Gasteiger partial charge in [0.1, 0.15) is 0 Å². The first-order chi connectivity index (χ1) is 7.65. The quantitative estimate of drug-likeness (QED) is 0.793. The van der Waals surface area contributed by atoms with Crippen LogP contribution in [0.1, 0.15) is 12.8 Å². The van der Waals surface area contributed by atoms with Crippen LogP contribution in [-0.4, -0.2) is 31.7 Å². The summed E-state index contributed by atoms with van der Waals surface area (Å²) in [6.07, 6.45) is 0.841. The Balaban J connectivity index is 2.69. The largest absolute Gasteiger partial charge is 0.396 e. The predicted octanol–water partition coefficient (Wildman–Crippen LogP) is 1.46. The Morgan fingerprint density at radius 1 is 1.38 bits per heavy atom. The van der Waals surface area contributed by atoms with Gasteiger partial charge in [0.25, 0.3) is 0 Å². The van der Waals surface area contributed by atoms with E-state index in [-0.39, 0.29) is 12.5 Å². The lowest BCUT2D eigenvalue weighted by molar-refractivity contribution is -0.116. The molecule has 4 heteroatoms. The van der Waals surface area contributed by atoms with Gasteiger partial charge in [0.05, 0.1) is 11.4 Å². The fraction of sp³-hybridized carbons (Fsp3) is 0.417. The van der Waals surface area contributed by atoms with Crippen molar-refractivity contribution in [1.29, 1.82) is 0 Å². The van der Waals surface area contributed by atoms with E-state index >= 15 is 0 Å². The smallest absolute Gasteiger partial charge is 0.224 e. The highest BCUT2D eigenvalue weighted by Gasteiger charge is 2.06. The molecule has 0 aliphatic heterocycles. The van der Waals surface area contributed by atoms with Crippen LogP contribution in [0, 0.1) is 0 Å². The van der Waals surface area contributed by atoms with Gasteiger partial charge in [-0.25, -0.2) is 0 Å². The van der Waals surface area contributed by atoms with Crippen LogP contribution in [0.25, 0.3) is 0 Å². The fourth-order valence-electron chi connectivity index (χ4n) is 1.42. The molecule has 1 rings (SSSR count). The molecule has 16 heavy (non-hydrogen) atoms. The molecule has 1 amide bonds. The van der Waals surface area contributed by atoms with Crippen molar-refractivity contribution >= 4 is 17.3 Å². The number of amides is 1. The number of anilines is 2. The highest BCUT2D eigenvalue weighted by molar-refractivity contribution is 5.94. The van der Waals surface area contributed by atoms with E-state index in [9.17, 15) is 4.79 Å². The van der Waals surface area contributed by atoms with Crippen LogP contribution >= 0.6 is 0 Å². The lowest BCUT2D eigenvalue weighted by atomic mass is 10.2. The molecule has 0 unspecified atom stereocenters. The standard InChI is InChI=1S/C12H18N2O2/c1-14(2)11-7-4-3-6-10(11)13-12(16)8-5-9-15/h3-4,6-7,15H,5,8-9H2,1-2H3,(H,13,16). The summed E-state index contributed by atoms with van der Waals surface area (Å²) in [5.74, 6) is -0.0663. The number of aliphatic hydroxyl groups is 1. The van der Waals surface area contributed by atoms with E-state index in [0.29, 0.717) is 12.8 Å². The maximum Gasteiger partial charge on any atom is 0.224 e. The third-order valence-electron chi connectivity index (χ3n) is 2.22. The van der Waals surface area contributed by atoms with Crippen molar-refractivity contribution in [2.45, 2.75) is 12.8 Å². The van der Waals surface area contributed by atoms with Gasteiger partial charge in [-0.3, -0.25) is 4.79 Å². The zero-order valence-corrected chi connectivity index (χ0v) is 9.73. The SMILES string of the molecule is CN(C)c1ccccc1NC(=O)CCCO. The Hall–Kier alpha value is -1.55. The van der Waals surface area contributed by atoms with Crippen LogP contribution < -0.4 is 10.2 Å². The molecule has 2 N–H and O–H groups in total. The number of nitrogens with one attached hydrogen (secondary N) is 1. The van der Waals surface area contributed by atoms with Crippen molar-refractivity contribution in [3.63, 3.8) is 0 Å². The minimum Gasteiger partial charge on any atom is -0.396 e. The van der Waals surface area contributed by atoms with Crippen molar-refractivity contribution in [1.82, 2.24) is 0 Å². The van der Waals surface area contributed by atoms with Crippen LogP contribution in [0.5, 0.6) is 0 Å². The molecule has 0 saturated carbocycles. The summed E-state index contributed by atoms with van der Waals surface area (Å²) >= 11 is 0. The van der Waals surface area contributed by atoms with E-state index in [4.69, 9.17) is 5.11 Å². The molecule has 0 aliphatic carbocycles. The van der Waals surface area contributed by atoms with Gasteiger partial charge in [0.2, 0.25) is 5.91 Å². The number of nitrogens with zero attached hydrogens (tertiary/aromatic N) is 1. The number of carbonyl (C=O) groups excluding carboxylic acids is 1. The first kappa shape index (κ1) is 12.5. The highest BCUT2D eigenvalue weighted by atomic mass is 16.3. The first-order valence-corrected chi connectivity index (χ1v) is 5.32. The van der Waals surface area contributed by atoms with Crippen LogP contribution in [0.2, 0.25) is 0 Å². The van der Waals surface area contributed by atoms with Crippen molar-refractivity contribution in [3.8, 4) is 0 Å². The van der Waals surface area contributed by atoms with E-state index in [0.717, 1.165) is 11.4 Å². The van der Waals surface area contributed by atoms with E-state index in [1.165, 1.54) is 0 Å². The number of hydrogen-bond acceptors (Lipinski definition) is 3. The number of hydrogen-bond donors (Lipinski definition) is 2. The zero-order valence-electron chi connectivity index (χ0n) is 9.73. The fourth-order valence-corrected chi connectivity index (χ4v) is 1.42. The Kier molecular flexibility index (Phi) is 4.79. The molecule has 0 saturated heterocycles. The minimum atomic E-state index is -0.0663. The van der Waals surface area contributed by atoms with E-state index < -0.39 is 0 Å². The van der Waals surface area contributed by atoms with Gasteiger partial charge in [-0.15, -0.1) is 0 Å². The summed E-state index contributed by atoms with van der Waals surface area (Å²) < 4.78 is 0. The molecule has 0 atom stereocenters. The average Bonchev–Trinajstić information content (AvgIpc) is 2.27. The molecule has 0 aromatic heterocycles. The van der Waals surface area contributed by atoms with Gasteiger partial charge in [0.15, 0.2) is 0 Å². The molecule has 0 bridgehead atoms. The van der Waals surface area contributed by atoms with Gasteiger partial charge >= 0.3 is 0 Å². The molecular weight excluding hydrogens is 204 g/mol. The number of aliphatic hydroxyl groups excluding tert-OH is 1. The maximum atomic E-state index is 11.5. The van der Waals surface area contributed by atoms with Crippen LogP contribution in [0.4, 0.5) is 11.4 Å². The topological polar surface area (TPSA) is 52.6 Å². The van der Waals surface area contributed by atoms with Crippen molar-refractivity contribution in [2.75, 3.05) is 30.9 Å². The van der Waals surface area contributed by atoms with Crippen molar-refractivity contribution in [3.05, 3.63) is 24.3 Å². The zero-order chi connectivity index (χ0) is 12.0. The second kappa shape index (κ2) is 6.12. The first-order valence-electron chi connectivity index (χ1n) is 5.32. The van der Waals surface area contributed by atoms with Crippen molar-refractivity contribution < 1.29 is 9.90 Å². The highest BCUT2D eigenvalue weighted by Crippen LogP contribution is 2.23. The normalized spacial score (nSPS) is 9.94. The maximum absolute atomic E-state index is 11.5. The van der Waals surface area contributed by atoms with Crippen molar-refractivity contribution in [2.24, 2.45) is 0 Å². The van der Waals surface area contributed by atoms with Gasteiger partial charge < -0.3 is 15.3 Å². The Labute approximate surface area is 95.9 Å². The number of rotatable bonds is 5. The molecule has 88 valence electrons. The lowest BCUT2D eigenvalue weighted by Crippen LogP contribution is -2.16. The average molecular weight is 222 g/mol. The summed E-state index contributed by atoms with van der Waals surface area (Å²) in [7, 11) is 3.86. The summed E-state index contributed by atoms with van der Waals surface area (Å²) in [6, 6.07) is 7.63. The molecule has 0 radical (unpaired) electrons. The second-order valence-electron chi connectivity index (χ2n) is 3.79. The second-order valence-corrected chi connectivity index (χ2v) is 3.79. The van der Waals surface area contributed by atoms with E-state index in [1.54, 1.807) is 0 Å². The number of benzene rings is 1. The molecular formula is C12H18N2O2. The summed E-state index contributed by atoms with van der Waals surface area (Å²) in [6.45, 7) is 0.0444. The van der Waals surface area contributed by atoms with Gasteiger partial charge in [-0.05, 0) is 18.6 Å². The molecule has 0 fully saturated rings.